The quantitative estimate of drug-likeness (QED) is 0.845. The van der Waals surface area contributed by atoms with Crippen molar-refractivity contribution in [2.45, 2.75) is 39.5 Å². The Morgan fingerprint density at radius 3 is 2.55 bits per heavy atom. The van der Waals surface area contributed by atoms with Crippen LogP contribution in [0.3, 0.4) is 0 Å². The van der Waals surface area contributed by atoms with E-state index in [0.717, 1.165) is 44.1 Å². The molecule has 1 aromatic rings. The number of anilines is 1. The lowest BCUT2D eigenvalue weighted by Crippen LogP contribution is -2.40. The number of aryl methyl sites for hydroxylation is 1. The Balaban J connectivity index is 1.65. The van der Waals surface area contributed by atoms with Gasteiger partial charge in [0.1, 0.15) is 0 Å². The van der Waals surface area contributed by atoms with Gasteiger partial charge in [0.05, 0.1) is 0 Å². The third kappa shape index (κ3) is 5.68. The number of nitrogens with zero attached hydrogens (tertiary/aromatic N) is 1. The van der Waals surface area contributed by atoms with Crippen LogP contribution in [0.4, 0.5) is 10.5 Å². The summed E-state index contributed by atoms with van der Waals surface area (Å²) >= 11 is 0. The first-order chi connectivity index (χ1) is 10.7. The van der Waals surface area contributed by atoms with Crippen molar-refractivity contribution in [2.24, 2.45) is 5.92 Å². The van der Waals surface area contributed by atoms with Gasteiger partial charge in [-0.3, -0.25) is 0 Å². The molecule has 122 valence electrons. The zero-order chi connectivity index (χ0) is 15.8. The predicted molar refractivity (Wildman–Crippen MR) is 92.3 cm³/mol. The molecule has 2 amide bonds. The summed E-state index contributed by atoms with van der Waals surface area (Å²) in [7, 11) is 0. The number of carbonyl (C=O) groups excluding carboxylic acids is 1. The van der Waals surface area contributed by atoms with E-state index in [0.29, 0.717) is 6.54 Å². The molecule has 1 fully saturated rings. The Labute approximate surface area is 134 Å². The molecule has 2 rings (SSSR count). The molecule has 4 heteroatoms. The van der Waals surface area contributed by atoms with Crippen LogP contribution in [0.5, 0.6) is 0 Å². The summed E-state index contributed by atoms with van der Waals surface area (Å²) in [5.41, 5.74) is 2.16. The highest BCUT2D eigenvalue weighted by Gasteiger charge is 2.15. The summed E-state index contributed by atoms with van der Waals surface area (Å²) in [4.78, 5) is 14.3. The molecular formula is C18H29N3O. The lowest BCUT2D eigenvalue weighted by molar-refractivity contribution is 0.192. The van der Waals surface area contributed by atoms with Gasteiger partial charge in [-0.1, -0.05) is 32.4 Å². The molecule has 0 radical (unpaired) electrons. The Morgan fingerprint density at radius 1 is 1.23 bits per heavy atom. The number of carbonyl (C=O) groups is 1. The van der Waals surface area contributed by atoms with Gasteiger partial charge in [0.15, 0.2) is 0 Å². The minimum atomic E-state index is -0.117. The molecule has 2 N–H and O–H groups in total. The number of hydrogen-bond acceptors (Lipinski definition) is 2. The second kappa shape index (κ2) is 8.79. The van der Waals surface area contributed by atoms with Gasteiger partial charge >= 0.3 is 6.03 Å². The molecule has 1 aliphatic rings. The fourth-order valence-electron chi connectivity index (χ4n) is 2.83. The van der Waals surface area contributed by atoms with E-state index in [1.807, 2.05) is 12.1 Å². The molecule has 1 aromatic carbocycles. The number of piperidine rings is 1. The Morgan fingerprint density at radius 2 is 1.91 bits per heavy atom. The van der Waals surface area contributed by atoms with Crippen LogP contribution in [0.2, 0.25) is 0 Å². The standard InChI is InChI=1S/C18H29N3O/c1-3-4-16-5-7-17(8-6-16)20-18(22)19-11-14-21-12-9-15(2)10-13-21/h5-8,15H,3-4,9-14H2,1-2H3,(H2,19,20,22). The maximum atomic E-state index is 11.9. The lowest BCUT2D eigenvalue weighted by atomic mass is 9.99. The van der Waals surface area contributed by atoms with Crippen molar-refractivity contribution in [3.63, 3.8) is 0 Å². The summed E-state index contributed by atoms with van der Waals surface area (Å²) in [6.07, 6.45) is 4.77. The first-order valence-electron chi connectivity index (χ1n) is 8.53. The van der Waals surface area contributed by atoms with Gasteiger partial charge in [0.25, 0.3) is 0 Å². The Bertz CT molecular complexity index is 450. The minimum absolute atomic E-state index is 0.117. The lowest BCUT2D eigenvalue weighted by Gasteiger charge is -2.30. The minimum Gasteiger partial charge on any atom is -0.337 e. The van der Waals surface area contributed by atoms with Gasteiger partial charge in [-0.2, -0.15) is 0 Å². The van der Waals surface area contributed by atoms with Gasteiger partial charge in [0, 0.05) is 18.8 Å². The number of urea groups is 1. The second-order valence-corrected chi connectivity index (χ2v) is 6.35. The van der Waals surface area contributed by atoms with E-state index >= 15 is 0 Å². The highest BCUT2D eigenvalue weighted by molar-refractivity contribution is 5.89. The normalized spacial score (nSPS) is 16.5. The first kappa shape index (κ1) is 16.8. The number of likely N-dealkylation sites (tertiary alicyclic amines) is 1. The van der Waals surface area contributed by atoms with E-state index < -0.39 is 0 Å². The molecule has 22 heavy (non-hydrogen) atoms. The molecule has 0 aromatic heterocycles. The largest absolute Gasteiger partial charge is 0.337 e. The number of amides is 2. The monoisotopic (exact) mass is 303 g/mol. The topological polar surface area (TPSA) is 44.4 Å². The van der Waals surface area contributed by atoms with Crippen molar-refractivity contribution in [2.75, 3.05) is 31.5 Å². The highest BCUT2D eigenvalue weighted by atomic mass is 16.2. The van der Waals surface area contributed by atoms with Crippen LogP contribution in [0.25, 0.3) is 0 Å². The number of hydrogen-bond donors (Lipinski definition) is 2. The number of nitrogens with one attached hydrogen (secondary N) is 2. The molecule has 0 saturated carbocycles. The van der Waals surface area contributed by atoms with E-state index in [1.54, 1.807) is 0 Å². The van der Waals surface area contributed by atoms with Crippen molar-refractivity contribution >= 4 is 11.7 Å². The second-order valence-electron chi connectivity index (χ2n) is 6.35. The van der Waals surface area contributed by atoms with Gasteiger partial charge in [0.2, 0.25) is 0 Å². The SMILES string of the molecule is CCCc1ccc(NC(=O)NCCN2CCC(C)CC2)cc1. The van der Waals surface area contributed by atoms with Gasteiger partial charge in [-0.05, 0) is 56.0 Å². The molecule has 1 heterocycles. The molecule has 0 aliphatic carbocycles. The van der Waals surface area contributed by atoms with Crippen molar-refractivity contribution < 1.29 is 4.79 Å². The van der Waals surface area contributed by atoms with Crippen LogP contribution in [-0.4, -0.2) is 37.1 Å². The highest BCUT2D eigenvalue weighted by Crippen LogP contribution is 2.15. The van der Waals surface area contributed by atoms with E-state index in [4.69, 9.17) is 0 Å². The van der Waals surface area contributed by atoms with Crippen molar-refractivity contribution in [3.8, 4) is 0 Å². The maximum absolute atomic E-state index is 11.9. The Hall–Kier alpha value is -1.55. The maximum Gasteiger partial charge on any atom is 0.319 e. The third-order valence-corrected chi connectivity index (χ3v) is 4.34. The molecular weight excluding hydrogens is 274 g/mol. The van der Waals surface area contributed by atoms with Crippen molar-refractivity contribution in [3.05, 3.63) is 29.8 Å². The van der Waals surface area contributed by atoms with Crippen LogP contribution >= 0.6 is 0 Å². The third-order valence-electron chi connectivity index (χ3n) is 4.34. The fraction of sp³-hybridized carbons (Fsp3) is 0.611. The first-order valence-corrected chi connectivity index (χ1v) is 8.53. The predicted octanol–water partition coefficient (Wildman–Crippen LogP) is 3.49. The van der Waals surface area contributed by atoms with Crippen LogP contribution in [0.1, 0.15) is 38.7 Å². The fourth-order valence-corrected chi connectivity index (χ4v) is 2.83. The molecule has 0 spiro atoms. The zero-order valence-corrected chi connectivity index (χ0v) is 13.9. The molecule has 1 aliphatic heterocycles. The van der Waals surface area contributed by atoms with E-state index in [2.05, 4.69) is 41.5 Å². The van der Waals surface area contributed by atoms with E-state index in [-0.39, 0.29) is 6.03 Å². The molecule has 4 nitrogen and oxygen atoms in total. The summed E-state index contributed by atoms with van der Waals surface area (Å²) in [6.45, 7) is 8.44. The molecule has 1 saturated heterocycles. The number of benzene rings is 1. The van der Waals surface area contributed by atoms with Crippen LogP contribution < -0.4 is 10.6 Å². The summed E-state index contributed by atoms with van der Waals surface area (Å²) in [5, 5.41) is 5.83. The summed E-state index contributed by atoms with van der Waals surface area (Å²) in [5.74, 6) is 0.850. The van der Waals surface area contributed by atoms with Gasteiger partial charge in [-0.25, -0.2) is 4.79 Å². The summed E-state index contributed by atoms with van der Waals surface area (Å²) < 4.78 is 0. The summed E-state index contributed by atoms with van der Waals surface area (Å²) in [6, 6.07) is 7.98. The van der Waals surface area contributed by atoms with Gasteiger partial charge in [-0.15, -0.1) is 0 Å². The average Bonchev–Trinajstić information content (AvgIpc) is 2.51. The Kier molecular flexibility index (Phi) is 6.72. The van der Waals surface area contributed by atoms with Crippen LogP contribution in [-0.2, 0) is 6.42 Å². The smallest absolute Gasteiger partial charge is 0.319 e. The van der Waals surface area contributed by atoms with Gasteiger partial charge < -0.3 is 15.5 Å². The van der Waals surface area contributed by atoms with Crippen molar-refractivity contribution in [1.82, 2.24) is 10.2 Å². The molecule has 0 bridgehead atoms. The van der Waals surface area contributed by atoms with Crippen molar-refractivity contribution in [1.29, 1.82) is 0 Å². The average molecular weight is 303 g/mol. The molecule has 0 unspecified atom stereocenters. The zero-order valence-electron chi connectivity index (χ0n) is 13.9. The number of rotatable bonds is 6. The van der Waals surface area contributed by atoms with Crippen LogP contribution in [0.15, 0.2) is 24.3 Å². The van der Waals surface area contributed by atoms with E-state index in [1.165, 1.54) is 18.4 Å². The molecule has 0 atom stereocenters. The van der Waals surface area contributed by atoms with E-state index in [9.17, 15) is 4.79 Å². The van der Waals surface area contributed by atoms with Crippen LogP contribution in [0, 0.1) is 5.92 Å².